The van der Waals surface area contributed by atoms with Crippen molar-refractivity contribution in [1.29, 1.82) is 0 Å². The van der Waals surface area contributed by atoms with E-state index in [0.29, 0.717) is 12.0 Å². The summed E-state index contributed by atoms with van der Waals surface area (Å²) in [7, 11) is 0. The van der Waals surface area contributed by atoms with Crippen molar-refractivity contribution in [3.8, 4) is 0 Å². The first-order valence-electron chi connectivity index (χ1n) is 7.95. The van der Waals surface area contributed by atoms with E-state index in [9.17, 15) is 9.18 Å². The van der Waals surface area contributed by atoms with E-state index in [1.54, 1.807) is 25.1 Å². The van der Waals surface area contributed by atoms with Crippen molar-refractivity contribution in [2.75, 3.05) is 0 Å². The van der Waals surface area contributed by atoms with E-state index in [-0.39, 0.29) is 17.2 Å². The highest BCUT2D eigenvalue weighted by Gasteiger charge is 2.12. The van der Waals surface area contributed by atoms with Crippen LogP contribution in [0.25, 0.3) is 0 Å². The Balaban J connectivity index is 2.19. The molecule has 0 amide bonds. The lowest BCUT2D eigenvalue weighted by atomic mass is 10.0. The van der Waals surface area contributed by atoms with Crippen molar-refractivity contribution in [2.24, 2.45) is 0 Å². The standard InChI is InChI=1S/C18H27FO/c1-3-4-5-6-7-8-9-10-14-17(20)16-13-11-12-15(2)18(16)19/h11-13H,3-10,14H2,1-2H3. The molecule has 0 N–H and O–H groups in total. The predicted molar refractivity (Wildman–Crippen MR) is 82.7 cm³/mol. The van der Waals surface area contributed by atoms with E-state index < -0.39 is 0 Å². The maximum atomic E-state index is 13.8. The normalized spacial score (nSPS) is 10.8. The van der Waals surface area contributed by atoms with Gasteiger partial charge in [-0.15, -0.1) is 0 Å². The first-order valence-corrected chi connectivity index (χ1v) is 7.95. The number of Topliss-reactive ketones (excluding diaryl/α,β-unsaturated/α-hetero) is 1. The van der Waals surface area contributed by atoms with E-state index in [4.69, 9.17) is 0 Å². The van der Waals surface area contributed by atoms with Gasteiger partial charge in [0.1, 0.15) is 5.82 Å². The summed E-state index contributed by atoms with van der Waals surface area (Å²) < 4.78 is 13.8. The van der Waals surface area contributed by atoms with Gasteiger partial charge in [0.05, 0.1) is 5.56 Å². The van der Waals surface area contributed by atoms with Gasteiger partial charge in [0, 0.05) is 6.42 Å². The Hall–Kier alpha value is -1.18. The molecule has 0 aliphatic heterocycles. The number of halogens is 1. The third kappa shape index (κ3) is 5.85. The summed E-state index contributed by atoms with van der Waals surface area (Å²) in [6.45, 7) is 3.92. The molecule has 0 fully saturated rings. The van der Waals surface area contributed by atoms with Gasteiger partial charge in [-0.2, -0.15) is 0 Å². The van der Waals surface area contributed by atoms with Crippen LogP contribution in [0.15, 0.2) is 18.2 Å². The highest BCUT2D eigenvalue weighted by molar-refractivity contribution is 5.96. The molecule has 0 aliphatic rings. The molecule has 0 unspecified atom stereocenters. The largest absolute Gasteiger partial charge is 0.294 e. The lowest BCUT2D eigenvalue weighted by Gasteiger charge is -2.05. The summed E-state index contributed by atoms with van der Waals surface area (Å²) in [5, 5.41) is 0. The van der Waals surface area contributed by atoms with Gasteiger partial charge in [0.2, 0.25) is 0 Å². The van der Waals surface area contributed by atoms with Crippen LogP contribution in [0, 0.1) is 12.7 Å². The summed E-state index contributed by atoms with van der Waals surface area (Å²) in [5.74, 6) is -0.408. The van der Waals surface area contributed by atoms with E-state index in [0.717, 1.165) is 12.8 Å². The fourth-order valence-electron chi connectivity index (χ4n) is 2.42. The minimum Gasteiger partial charge on any atom is -0.294 e. The molecule has 1 aromatic carbocycles. The number of unbranched alkanes of at least 4 members (excludes halogenated alkanes) is 7. The molecule has 1 rings (SSSR count). The summed E-state index contributed by atoms with van der Waals surface area (Å²) in [6.07, 6.45) is 10.1. The molecular weight excluding hydrogens is 251 g/mol. The number of carbonyl (C=O) groups excluding carboxylic acids is 1. The maximum absolute atomic E-state index is 13.8. The lowest BCUT2D eigenvalue weighted by Crippen LogP contribution is -2.03. The molecule has 1 nitrogen and oxygen atoms in total. The molecule has 0 aliphatic carbocycles. The SMILES string of the molecule is CCCCCCCCCCC(=O)c1cccc(C)c1F. The van der Waals surface area contributed by atoms with Crippen molar-refractivity contribution < 1.29 is 9.18 Å². The molecule has 0 radical (unpaired) electrons. The average molecular weight is 278 g/mol. The van der Waals surface area contributed by atoms with Crippen molar-refractivity contribution in [2.45, 2.75) is 71.6 Å². The van der Waals surface area contributed by atoms with E-state index >= 15 is 0 Å². The molecular formula is C18H27FO. The molecule has 0 heterocycles. The average Bonchev–Trinajstić information content (AvgIpc) is 2.44. The van der Waals surface area contributed by atoms with Crippen LogP contribution >= 0.6 is 0 Å². The fraction of sp³-hybridized carbons (Fsp3) is 0.611. The number of benzene rings is 1. The van der Waals surface area contributed by atoms with Crippen LogP contribution < -0.4 is 0 Å². The van der Waals surface area contributed by atoms with Gasteiger partial charge in [-0.25, -0.2) is 4.39 Å². The Morgan fingerprint density at radius 2 is 1.60 bits per heavy atom. The Labute approximate surface area is 122 Å². The number of carbonyl (C=O) groups is 1. The predicted octanol–water partition coefficient (Wildman–Crippen LogP) is 5.85. The fourth-order valence-corrected chi connectivity index (χ4v) is 2.42. The van der Waals surface area contributed by atoms with Gasteiger partial charge in [-0.3, -0.25) is 4.79 Å². The molecule has 0 saturated carbocycles. The highest BCUT2D eigenvalue weighted by atomic mass is 19.1. The zero-order valence-electron chi connectivity index (χ0n) is 12.9. The Bertz CT molecular complexity index is 412. The zero-order valence-corrected chi connectivity index (χ0v) is 12.9. The van der Waals surface area contributed by atoms with Gasteiger partial charge >= 0.3 is 0 Å². The molecule has 1 aromatic rings. The minimum absolute atomic E-state index is 0.0582. The van der Waals surface area contributed by atoms with E-state index in [2.05, 4.69) is 6.92 Å². The third-order valence-corrected chi connectivity index (χ3v) is 3.75. The second kappa shape index (κ2) is 9.68. The summed E-state index contributed by atoms with van der Waals surface area (Å²) in [4.78, 5) is 12.0. The van der Waals surface area contributed by atoms with Gasteiger partial charge in [0.15, 0.2) is 5.78 Å². The van der Waals surface area contributed by atoms with Crippen LogP contribution in [0.5, 0.6) is 0 Å². The molecule has 0 atom stereocenters. The number of hydrogen-bond donors (Lipinski definition) is 0. The minimum atomic E-state index is -0.350. The van der Waals surface area contributed by atoms with Gasteiger partial charge in [-0.1, -0.05) is 64.0 Å². The van der Waals surface area contributed by atoms with Crippen LogP contribution in [0.4, 0.5) is 4.39 Å². The molecule has 20 heavy (non-hydrogen) atoms. The third-order valence-electron chi connectivity index (χ3n) is 3.75. The number of hydrogen-bond acceptors (Lipinski definition) is 1. The molecule has 0 bridgehead atoms. The molecule has 2 heteroatoms. The first kappa shape index (κ1) is 16.9. The van der Waals surface area contributed by atoms with Gasteiger partial charge in [0.25, 0.3) is 0 Å². The molecule has 112 valence electrons. The summed E-state index contributed by atoms with van der Waals surface area (Å²) >= 11 is 0. The van der Waals surface area contributed by atoms with Crippen LogP contribution in [0.2, 0.25) is 0 Å². The van der Waals surface area contributed by atoms with Gasteiger partial charge < -0.3 is 0 Å². The molecule has 0 saturated heterocycles. The van der Waals surface area contributed by atoms with Crippen LogP contribution in [0.1, 0.15) is 80.6 Å². The smallest absolute Gasteiger partial charge is 0.165 e. The van der Waals surface area contributed by atoms with Crippen molar-refractivity contribution in [3.63, 3.8) is 0 Å². The monoisotopic (exact) mass is 278 g/mol. The Morgan fingerprint density at radius 1 is 1.00 bits per heavy atom. The number of ketones is 1. The van der Waals surface area contributed by atoms with Crippen LogP contribution in [0.3, 0.4) is 0 Å². The second-order valence-electron chi connectivity index (χ2n) is 5.58. The van der Waals surface area contributed by atoms with Crippen molar-refractivity contribution >= 4 is 5.78 Å². The second-order valence-corrected chi connectivity index (χ2v) is 5.58. The topological polar surface area (TPSA) is 17.1 Å². The van der Waals surface area contributed by atoms with Gasteiger partial charge in [-0.05, 0) is 25.0 Å². The molecule has 0 spiro atoms. The van der Waals surface area contributed by atoms with E-state index in [1.165, 1.54) is 38.5 Å². The number of aryl methyl sites for hydroxylation is 1. The van der Waals surface area contributed by atoms with Crippen LogP contribution in [-0.4, -0.2) is 5.78 Å². The van der Waals surface area contributed by atoms with E-state index in [1.807, 2.05) is 0 Å². The zero-order chi connectivity index (χ0) is 14.8. The summed E-state index contributed by atoms with van der Waals surface area (Å²) in [6, 6.07) is 5.04. The Morgan fingerprint density at radius 3 is 2.25 bits per heavy atom. The highest BCUT2D eigenvalue weighted by Crippen LogP contribution is 2.16. The van der Waals surface area contributed by atoms with Crippen molar-refractivity contribution in [3.05, 3.63) is 35.1 Å². The van der Waals surface area contributed by atoms with Crippen molar-refractivity contribution in [1.82, 2.24) is 0 Å². The van der Waals surface area contributed by atoms with Crippen LogP contribution in [-0.2, 0) is 0 Å². The first-order chi connectivity index (χ1) is 9.66. The summed E-state index contributed by atoms with van der Waals surface area (Å²) in [5.41, 5.74) is 0.805. The maximum Gasteiger partial charge on any atom is 0.165 e. The lowest BCUT2D eigenvalue weighted by molar-refractivity contribution is 0.0975. The Kier molecular flexibility index (Phi) is 8.17. The molecule has 0 aromatic heterocycles. The quantitative estimate of drug-likeness (QED) is 0.387. The number of rotatable bonds is 10.